The molecule has 0 atom stereocenters. The van der Waals surface area contributed by atoms with Crippen LogP contribution in [0.4, 0.5) is 5.95 Å². The van der Waals surface area contributed by atoms with Crippen LogP contribution in [0.3, 0.4) is 0 Å². The van der Waals surface area contributed by atoms with E-state index in [1.807, 2.05) is 42.5 Å². The predicted molar refractivity (Wildman–Crippen MR) is 113 cm³/mol. The lowest BCUT2D eigenvalue weighted by molar-refractivity contribution is -0.121. The zero-order valence-corrected chi connectivity index (χ0v) is 16.1. The first-order valence-electron chi connectivity index (χ1n) is 9.74. The summed E-state index contributed by atoms with van der Waals surface area (Å²) in [4.78, 5) is 28.4. The molecule has 2 aromatic carbocycles. The predicted octanol–water partition coefficient (Wildman–Crippen LogP) is 2.04. The molecule has 1 aromatic heterocycles. The summed E-state index contributed by atoms with van der Waals surface area (Å²) in [5, 5.41) is 13.2. The van der Waals surface area contributed by atoms with Gasteiger partial charge in [0.2, 0.25) is 11.9 Å². The molecule has 1 heterocycles. The second-order valence-electron chi connectivity index (χ2n) is 7.31. The molecule has 3 aromatic rings. The number of hydrogen-bond donors (Lipinski definition) is 3. The monoisotopic (exact) mass is 389 g/mol. The van der Waals surface area contributed by atoms with Gasteiger partial charge in [-0.1, -0.05) is 36.4 Å². The van der Waals surface area contributed by atoms with Crippen molar-refractivity contribution in [2.45, 2.75) is 32.2 Å². The van der Waals surface area contributed by atoms with E-state index in [0.717, 1.165) is 41.3 Å². The maximum absolute atomic E-state index is 12.5. The van der Waals surface area contributed by atoms with E-state index in [1.54, 1.807) is 4.57 Å². The smallest absolute Gasteiger partial charge is 0.277 e. The fraction of sp³-hybridized carbons (Fsp3) is 0.273. The van der Waals surface area contributed by atoms with Crippen molar-refractivity contribution < 1.29 is 4.79 Å². The summed E-state index contributed by atoms with van der Waals surface area (Å²) in [5.41, 5.74) is 8.22. The highest BCUT2D eigenvalue weighted by Gasteiger charge is 2.20. The lowest BCUT2D eigenvalue weighted by Crippen LogP contribution is -2.35. The normalized spacial score (nSPS) is 13.1. The van der Waals surface area contributed by atoms with E-state index in [9.17, 15) is 9.59 Å². The molecule has 7 nitrogen and oxygen atoms in total. The maximum atomic E-state index is 12.5. The zero-order valence-electron chi connectivity index (χ0n) is 16.1. The van der Waals surface area contributed by atoms with Crippen molar-refractivity contribution in [3.8, 4) is 0 Å². The molecular weight excluding hydrogens is 366 g/mol. The number of nitrogens with zero attached hydrogens (tertiary/aromatic N) is 2. The van der Waals surface area contributed by atoms with Crippen LogP contribution in [0.5, 0.6) is 0 Å². The van der Waals surface area contributed by atoms with Crippen molar-refractivity contribution in [3.63, 3.8) is 0 Å². The van der Waals surface area contributed by atoms with Gasteiger partial charge in [-0.15, -0.1) is 0 Å². The SMILES string of the molecule is N=C(CNC(=O)Cn1c(N)nc(=O)c2c1CCCC2)c1ccc2ccccc2c1. The fourth-order valence-corrected chi connectivity index (χ4v) is 3.83. The number of rotatable bonds is 5. The number of anilines is 1. The van der Waals surface area contributed by atoms with Gasteiger partial charge in [0.25, 0.3) is 5.56 Å². The summed E-state index contributed by atoms with van der Waals surface area (Å²) in [7, 11) is 0. The van der Waals surface area contributed by atoms with Gasteiger partial charge in [-0.25, -0.2) is 0 Å². The Morgan fingerprint density at radius 1 is 1.14 bits per heavy atom. The van der Waals surface area contributed by atoms with Crippen LogP contribution in [-0.4, -0.2) is 27.7 Å². The van der Waals surface area contributed by atoms with Crippen LogP contribution < -0.4 is 16.6 Å². The molecule has 0 aliphatic heterocycles. The highest BCUT2D eigenvalue weighted by molar-refractivity contribution is 6.03. The van der Waals surface area contributed by atoms with Gasteiger partial charge in [0.15, 0.2) is 0 Å². The number of benzene rings is 2. The lowest BCUT2D eigenvalue weighted by atomic mass is 9.97. The average Bonchev–Trinajstić information content (AvgIpc) is 2.74. The van der Waals surface area contributed by atoms with E-state index in [-0.39, 0.29) is 30.5 Å². The second kappa shape index (κ2) is 7.87. The van der Waals surface area contributed by atoms with E-state index in [2.05, 4.69) is 10.3 Å². The number of amides is 1. The van der Waals surface area contributed by atoms with E-state index in [1.165, 1.54) is 0 Å². The highest BCUT2D eigenvalue weighted by Crippen LogP contribution is 2.19. The summed E-state index contributed by atoms with van der Waals surface area (Å²) in [6, 6.07) is 13.8. The Labute approximate surface area is 168 Å². The Morgan fingerprint density at radius 3 is 2.72 bits per heavy atom. The summed E-state index contributed by atoms with van der Waals surface area (Å²) in [6.45, 7) is 0.110. The molecular formula is C22H23N5O2. The Balaban J connectivity index is 1.45. The molecule has 148 valence electrons. The Morgan fingerprint density at radius 2 is 1.90 bits per heavy atom. The second-order valence-corrected chi connectivity index (χ2v) is 7.31. The van der Waals surface area contributed by atoms with Gasteiger partial charge >= 0.3 is 0 Å². The van der Waals surface area contributed by atoms with Gasteiger partial charge < -0.3 is 21.0 Å². The van der Waals surface area contributed by atoms with Crippen LogP contribution in [0, 0.1) is 5.41 Å². The van der Waals surface area contributed by atoms with Crippen molar-refractivity contribution in [2.75, 3.05) is 12.3 Å². The number of nitrogens with one attached hydrogen (secondary N) is 2. The number of carbonyl (C=O) groups is 1. The molecule has 0 saturated carbocycles. The molecule has 1 amide bonds. The van der Waals surface area contributed by atoms with Crippen LogP contribution in [0.15, 0.2) is 47.3 Å². The molecule has 4 N–H and O–H groups in total. The van der Waals surface area contributed by atoms with Crippen molar-refractivity contribution in [3.05, 3.63) is 69.6 Å². The van der Waals surface area contributed by atoms with Crippen molar-refractivity contribution in [1.29, 1.82) is 5.41 Å². The summed E-state index contributed by atoms with van der Waals surface area (Å²) < 4.78 is 1.63. The number of hydrogen-bond acceptors (Lipinski definition) is 5. The first-order chi connectivity index (χ1) is 14.0. The molecule has 1 aliphatic rings. The minimum absolute atomic E-state index is 0.00749. The number of carbonyl (C=O) groups excluding carboxylic acids is 1. The molecule has 0 radical (unpaired) electrons. The zero-order chi connectivity index (χ0) is 20.4. The molecule has 1 aliphatic carbocycles. The Bertz CT molecular complexity index is 1170. The van der Waals surface area contributed by atoms with Gasteiger partial charge in [0.1, 0.15) is 6.54 Å². The average molecular weight is 389 g/mol. The topological polar surface area (TPSA) is 114 Å². The van der Waals surface area contributed by atoms with Crippen molar-refractivity contribution in [1.82, 2.24) is 14.9 Å². The molecule has 29 heavy (non-hydrogen) atoms. The largest absolute Gasteiger partial charge is 0.369 e. The minimum atomic E-state index is -0.285. The van der Waals surface area contributed by atoms with Gasteiger partial charge in [-0.2, -0.15) is 4.98 Å². The molecule has 4 rings (SSSR count). The first kappa shape index (κ1) is 18.9. The summed E-state index contributed by atoms with van der Waals surface area (Å²) >= 11 is 0. The van der Waals surface area contributed by atoms with E-state index >= 15 is 0 Å². The van der Waals surface area contributed by atoms with Gasteiger partial charge in [-0.3, -0.25) is 9.59 Å². The van der Waals surface area contributed by atoms with Gasteiger partial charge in [-0.05, 0) is 48.1 Å². The number of fused-ring (bicyclic) bond motifs is 2. The van der Waals surface area contributed by atoms with Gasteiger partial charge in [0.05, 0.1) is 12.3 Å². The third-order valence-electron chi connectivity index (χ3n) is 5.38. The molecule has 0 unspecified atom stereocenters. The van der Waals surface area contributed by atoms with Crippen molar-refractivity contribution in [2.24, 2.45) is 0 Å². The maximum Gasteiger partial charge on any atom is 0.277 e. The van der Waals surface area contributed by atoms with Crippen LogP contribution in [0.1, 0.15) is 29.7 Å². The fourth-order valence-electron chi connectivity index (χ4n) is 3.83. The lowest BCUT2D eigenvalue weighted by Gasteiger charge is -2.21. The quantitative estimate of drug-likeness (QED) is 0.579. The Hall–Kier alpha value is -3.48. The van der Waals surface area contributed by atoms with Crippen LogP contribution in [0.2, 0.25) is 0 Å². The summed E-state index contributed by atoms with van der Waals surface area (Å²) in [6.07, 6.45) is 3.31. The van der Waals surface area contributed by atoms with Crippen LogP contribution >= 0.6 is 0 Å². The summed E-state index contributed by atoms with van der Waals surface area (Å²) in [5.74, 6) is -0.198. The third-order valence-corrected chi connectivity index (χ3v) is 5.38. The van der Waals surface area contributed by atoms with Gasteiger partial charge in [0, 0.05) is 11.3 Å². The molecule has 0 fully saturated rings. The molecule has 0 saturated heterocycles. The van der Waals surface area contributed by atoms with Crippen molar-refractivity contribution >= 4 is 28.3 Å². The number of nitrogen functional groups attached to an aromatic ring is 1. The standard InChI is InChI=1S/C22H23N5O2/c23-18(16-10-9-14-5-1-2-6-15(14)11-16)12-25-20(28)13-27-19-8-4-3-7-17(19)21(29)26-22(27)24/h1-2,5-6,9-11,23H,3-4,7-8,12-13H2,(H,25,28)(H2,24,26,29). The minimum Gasteiger partial charge on any atom is -0.369 e. The van der Waals surface area contributed by atoms with Crippen LogP contribution in [-0.2, 0) is 24.2 Å². The highest BCUT2D eigenvalue weighted by atomic mass is 16.2. The van der Waals surface area contributed by atoms with E-state index < -0.39 is 0 Å². The van der Waals surface area contributed by atoms with Crippen LogP contribution in [0.25, 0.3) is 10.8 Å². The molecule has 7 heteroatoms. The molecule has 0 spiro atoms. The number of nitrogens with two attached hydrogens (primary N) is 1. The number of aromatic nitrogens is 2. The third kappa shape index (κ3) is 3.89. The Kier molecular flexibility index (Phi) is 5.12. The first-order valence-corrected chi connectivity index (χ1v) is 9.74. The van der Waals surface area contributed by atoms with E-state index in [0.29, 0.717) is 17.7 Å². The van der Waals surface area contributed by atoms with E-state index in [4.69, 9.17) is 11.1 Å². The molecule has 0 bridgehead atoms.